The second-order valence-electron chi connectivity index (χ2n) is 12.9. The van der Waals surface area contributed by atoms with E-state index in [1.807, 2.05) is 20.1 Å². The number of hydrogen-bond acceptors (Lipinski definition) is 18. The molecule has 0 aliphatic carbocycles. The molecule has 4 aliphatic rings. The van der Waals surface area contributed by atoms with Gasteiger partial charge in [0.15, 0.2) is 48.2 Å². The second-order valence-corrected chi connectivity index (χ2v) is 14.0. The molecular weight excluding hydrogens is 674 g/mol. The standard InChI is InChI=1S/C31H43NO16S/c1-14(33)37-12-19-22(40-15(2)34)23(41-16(3)35)24(42-17(4)36)27(43-19)38-11-18-10-21(32-48-18)31(49-9)25(20-13-39-29(5,6)45-20)44-28-26(31)46-30(7,8)47-28/h10,19-20,22-28H,11-13H2,1-9H3/t19-,20-,22-,23+,24-,25-,26+,27-,28-,31+/m1/s1. The number of esters is 4. The van der Waals surface area contributed by atoms with E-state index in [2.05, 4.69) is 5.16 Å². The molecule has 4 fully saturated rings. The molecule has 0 unspecified atom stereocenters. The van der Waals surface area contributed by atoms with Crippen molar-refractivity contribution in [2.24, 2.45) is 0 Å². The third-order valence-corrected chi connectivity index (χ3v) is 9.54. The lowest BCUT2D eigenvalue weighted by Gasteiger charge is -2.43. The first-order valence-electron chi connectivity index (χ1n) is 15.7. The Morgan fingerprint density at radius 2 is 1.49 bits per heavy atom. The number of ether oxygens (including phenoxy) is 11. The van der Waals surface area contributed by atoms with E-state index in [4.69, 9.17) is 56.6 Å². The molecule has 18 heteroatoms. The summed E-state index contributed by atoms with van der Waals surface area (Å²) in [6, 6.07) is 1.68. The van der Waals surface area contributed by atoms with Crippen LogP contribution in [0.4, 0.5) is 0 Å². The molecule has 17 nitrogen and oxygen atoms in total. The van der Waals surface area contributed by atoms with E-state index in [1.165, 1.54) is 18.7 Å². The Morgan fingerprint density at radius 3 is 2.08 bits per heavy atom. The van der Waals surface area contributed by atoms with Crippen LogP contribution in [0.25, 0.3) is 0 Å². The quantitative estimate of drug-likeness (QED) is 0.237. The van der Waals surface area contributed by atoms with Crippen molar-refractivity contribution in [3.05, 3.63) is 17.5 Å². The normalized spacial score (nSPS) is 36.1. The van der Waals surface area contributed by atoms with Gasteiger partial charge in [-0.1, -0.05) is 5.16 Å². The Morgan fingerprint density at radius 1 is 0.837 bits per heavy atom. The molecule has 4 saturated heterocycles. The van der Waals surface area contributed by atoms with Crippen molar-refractivity contribution in [2.75, 3.05) is 19.5 Å². The van der Waals surface area contributed by atoms with E-state index >= 15 is 0 Å². The number of carbonyl (C=O) groups excluding carboxylic acids is 4. The lowest BCUT2D eigenvalue weighted by Crippen LogP contribution is -2.62. The molecule has 10 atom stereocenters. The van der Waals surface area contributed by atoms with E-state index < -0.39 is 102 Å². The SMILES string of the molecule is CS[C@@]1(c2cc(CO[C@@H]3O[C@H](COC(C)=O)[C@@H](OC(C)=O)[C@H](OC(C)=O)[C@H]3OC(C)=O)on2)[C@@H]([C@H]2COC(C)(C)O2)O[C@@H]2OC(C)(C)O[C@@H]21. The monoisotopic (exact) mass is 717 g/mol. The average molecular weight is 718 g/mol. The lowest BCUT2D eigenvalue weighted by atomic mass is 9.90. The van der Waals surface area contributed by atoms with Crippen molar-refractivity contribution in [2.45, 2.75) is 134 Å². The Labute approximate surface area is 287 Å². The number of rotatable bonds is 11. The third kappa shape index (κ3) is 8.06. The van der Waals surface area contributed by atoms with E-state index in [9.17, 15) is 19.2 Å². The molecule has 5 heterocycles. The number of fused-ring (bicyclic) bond motifs is 1. The van der Waals surface area contributed by atoms with Gasteiger partial charge >= 0.3 is 23.9 Å². The predicted molar refractivity (Wildman–Crippen MR) is 162 cm³/mol. The summed E-state index contributed by atoms with van der Waals surface area (Å²) in [4.78, 5) is 48.0. The molecule has 0 bridgehead atoms. The van der Waals surface area contributed by atoms with Crippen molar-refractivity contribution >= 4 is 35.6 Å². The average Bonchev–Trinajstić information content (AvgIpc) is 3.74. The minimum absolute atomic E-state index is 0.237. The van der Waals surface area contributed by atoms with Crippen LogP contribution in [0.15, 0.2) is 10.6 Å². The predicted octanol–water partition coefficient (Wildman–Crippen LogP) is 1.86. The van der Waals surface area contributed by atoms with E-state index in [0.717, 1.165) is 20.8 Å². The first-order chi connectivity index (χ1) is 22.9. The van der Waals surface area contributed by atoms with Crippen LogP contribution in [-0.2, 0) is 82.6 Å². The number of thioether (sulfide) groups is 1. The van der Waals surface area contributed by atoms with Crippen molar-refractivity contribution in [1.82, 2.24) is 5.16 Å². The molecule has 49 heavy (non-hydrogen) atoms. The van der Waals surface area contributed by atoms with Crippen LogP contribution in [0.3, 0.4) is 0 Å². The molecule has 0 aromatic carbocycles. The summed E-state index contributed by atoms with van der Waals surface area (Å²) < 4.78 is 69.3. The molecule has 1 aromatic rings. The number of carbonyl (C=O) groups is 4. The summed E-state index contributed by atoms with van der Waals surface area (Å²) in [6.07, 6.45) is -7.22. The first-order valence-corrected chi connectivity index (χ1v) is 16.9. The maximum Gasteiger partial charge on any atom is 0.303 e. The fourth-order valence-electron chi connectivity index (χ4n) is 6.44. The summed E-state index contributed by atoms with van der Waals surface area (Å²) >= 11 is 1.45. The molecule has 0 saturated carbocycles. The highest BCUT2D eigenvalue weighted by Crippen LogP contribution is 2.56. The van der Waals surface area contributed by atoms with Crippen LogP contribution in [0.1, 0.15) is 66.8 Å². The summed E-state index contributed by atoms with van der Waals surface area (Å²) in [5.74, 6) is -4.43. The smallest absolute Gasteiger partial charge is 0.303 e. The van der Waals surface area contributed by atoms with E-state index in [-0.39, 0.29) is 19.0 Å². The Hall–Kier alpha value is -2.84. The molecule has 1 aromatic heterocycles. The highest BCUT2D eigenvalue weighted by Gasteiger charge is 2.68. The van der Waals surface area contributed by atoms with Crippen molar-refractivity contribution in [3.63, 3.8) is 0 Å². The Kier molecular flexibility index (Phi) is 11.0. The summed E-state index contributed by atoms with van der Waals surface area (Å²) in [5, 5.41) is 4.40. The zero-order chi connectivity index (χ0) is 35.9. The van der Waals surface area contributed by atoms with Gasteiger partial charge < -0.3 is 56.6 Å². The zero-order valence-electron chi connectivity index (χ0n) is 28.8. The van der Waals surface area contributed by atoms with Gasteiger partial charge in [-0.05, 0) is 34.0 Å². The molecule has 0 spiro atoms. The third-order valence-electron chi connectivity index (χ3n) is 8.19. The van der Waals surface area contributed by atoms with Crippen LogP contribution < -0.4 is 0 Å². The van der Waals surface area contributed by atoms with Gasteiger partial charge in [0.25, 0.3) is 0 Å². The Balaban J connectivity index is 1.42. The van der Waals surface area contributed by atoms with Crippen LogP contribution in [-0.4, -0.2) is 115 Å². The van der Waals surface area contributed by atoms with Gasteiger partial charge in [-0.15, -0.1) is 11.8 Å². The number of aromatic nitrogens is 1. The van der Waals surface area contributed by atoms with Gasteiger partial charge in [-0.25, -0.2) is 0 Å². The summed E-state index contributed by atoms with van der Waals surface area (Å²) in [5.41, 5.74) is 0.465. The molecule has 0 amide bonds. The van der Waals surface area contributed by atoms with Gasteiger partial charge in [0.2, 0.25) is 0 Å². The lowest BCUT2D eigenvalue weighted by molar-refractivity contribution is -0.311. The minimum atomic E-state index is -1.41. The van der Waals surface area contributed by atoms with Gasteiger partial charge in [-0.3, -0.25) is 19.2 Å². The van der Waals surface area contributed by atoms with Crippen molar-refractivity contribution in [1.29, 1.82) is 0 Å². The summed E-state index contributed by atoms with van der Waals surface area (Å²) in [7, 11) is 0. The topological polar surface area (TPSA) is 196 Å². The molecule has 5 rings (SSSR count). The van der Waals surface area contributed by atoms with Gasteiger partial charge in [0, 0.05) is 33.8 Å². The van der Waals surface area contributed by atoms with Crippen molar-refractivity contribution < 1.29 is 75.8 Å². The largest absolute Gasteiger partial charge is 0.463 e. The van der Waals surface area contributed by atoms with Gasteiger partial charge in [-0.2, -0.15) is 0 Å². The molecule has 0 radical (unpaired) electrons. The molecular formula is C31H43NO16S. The molecule has 4 aliphatic heterocycles. The van der Waals surface area contributed by atoms with Crippen LogP contribution in [0.5, 0.6) is 0 Å². The van der Waals surface area contributed by atoms with Crippen molar-refractivity contribution in [3.8, 4) is 0 Å². The fourth-order valence-corrected chi connectivity index (χ4v) is 7.57. The van der Waals surface area contributed by atoms with E-state index in [1.54, 1.807) is 19.9 Å². The van der Waals surface area contributed by atoms with Gasteiger partial charge in [0.1, 0.15) is 48.1 Å². The summed E-state index contributed by atoms with van der Waals surface area (Å²) in [6.45, 7) is 11.4. The number of hydrogen-bond donors (Lipinski definition) is 0. The fraction of sp³-hybridized carbons (Fsp3) is 0.774. The van der Waals surface area contributed by atoms with Crippen LogP contribution in [0.2, 0.25) is 0 Å². The van der Waals surface area contributed by atoms with Gasteiger partial charge in [0.05, 0.1) is 6.61 Å². The van der Waals surface area contributed by atoms with Crippen LogP contribution in [0, 0.1) is 0 Å². The molecule has 0 N–H and O–H groups in total. The molecule has 274 valence electrons. The minimum Gasteiger partial charge on any atom is -0.463 e. The highest BCUT2D eigenvalue weighted by molar-refractivity contribution is 7.99. The van der Waals surface area contributed by atoms with E-state index in [0.29, 0.717) is 5.69 Å². The zero-order valence-corrected chi connectivity index (χ0v) is 29.6. The Bertz CT molecular complexity index is 1400. The highest BCUT2D eigenvalue weighted by atomic mass is 32.2. The maximum atomic E-state index is 12.2. The number of nitrogens with zero attached hydrogens (tertiary/aromatic N) is 1. The van der Waals surface area contributed by atoms with Crippen LogP contribution >= 0.6 is 11.8 Å². The first kappa shape index (κ1) is 37.4. The maximum absolute atomic E-state index is 12.2. The second kappa shape index (κ2) is 14.4.